The summed E-state index contributed by atoms with van der Waals surface area (Å²) in [6, 6.07) is 10.1. The zero-order chi connectivity index (χ0) is 19.3. The molecule has 2 rings (SSSR count). The molecule has 4 N–H and O–H groups in total. The summed E-state index contributed by atoms with van der Waals surface area (Å²) in [5.74, 6) is -0.624. The van der Waals surface area contributed by atoms with Crippen LogP contribution in [0.2, 0.25) is 0 Å². The molecule has 0 bridgehead atoms. The monoisotopic (exact) mass is 379 g/mol. The number of benzene rings is 2. The van der Waals surface area contributed by atoms with Crippen molar-refractivity contribution in [3.63, 3.8) is 0 Å². The van der Waals surface area contributed by atoms with Crippen LogP contribution in [0, 0.1) is 13.8 Å². The van der Waals surface area contributed by atoms with Crippen LogP contribution in [-0.4, -0.2) is 24.1 Å². The number of nitrogens with one attached hydrogen (secondary N) is 2. The molecule has 0 unspecified atom stereocenters. The van der Waals surface area contributed by atoms with Crippen LogP contribution >= 0.6 is 12.2 Å². The van der Waals surface area contributed by atoms with Gasteiger partial charge in [0.2, 0.25) is 5.91 Å². The van der Waals surface area contributed by atoms with E-state index < -0.39 is 18.9 Å². The summed E-state index contributed by atoms with van der Waals surface area (Å²) < 4.78 is 30.0. The number of hydrogen-bond acceptors (Lipinski definition) is 3. The molecular weight excluding hydrogens is 360 g/mol. The minimum Gasteiger partial charge on any atom is -0.485 e. The number of amides is 1. The van der Waals surface area contributed by atoms with Crippen molar-refractivity contribution >= 4 is 34.6 Å². The number of primary amides is 1. The van der Waals surface area contributed by atoms with Gasteiger partial charge in [-0.3, -0.25) is 4.79 Å². The van der Waals surface area contributed by atoms with Crippen LogP contribution in [-0.2, 0) is 0 Å². The van der Waals surface area contributed by atoms with Crippen LogP contribution in [0.25, 0.3) is 0 Å². The lowest BCUT2D eigenvalue weighted by atomic mass is 10.1. The molecule has 0 aliphatic rings. The predicted octanol–water partition coefficient (Wildman–Crippen LogP) is 3.86. The number of alkyl halides is 2. The molecule has 0 aromatic heterocycles. The second-order valence-electron chi connectivity index (χ2n) is 5.67. The molecule has 5 nitrogen and oxygen atoms in total. The summed E-state index contributed by atoms with van der Waals surface area (Å²) in [5.41, 5.74) is 8.66. The van der Waals surface area contributed by atoms with Crippen molar-refractivity contribution in [2.75, 3.05) is 17.2 Å². The Labute approximate surface area is 155 Å². The van der Waals surface area contributed by atoms with E-state index in [9.17, 15) is 13.6 Å². The lowest BCUT2D eigenvalue weighted by molar-refractivity contribution is 0.0822. The fraction of sp³-hybridized carbons (Fsp3) is 0.222. The summed E-state index contributed by atoms with van der Waals surface area (Å²) in [7, 11) is 0. The minimum absolute atomic E-state index is 0.0615. The minimum atomic E-state index is -2.65. The van der Waals surface area contributed by atoms with E-state index in [-0.39, 0.29) is 16.4 Å². The smallest absolute Gasteiger partial charge is 0.272 e. The van der Waals surface area contributed by atoms with E-state index in [2.05, 4.69) is 10.6 Å². The van der Waals surface area contributed by atoms with Gasteiger partial charge in [-0.05, 0) is 55.9 Å². The van der Waals surface area contributed by atoms with Crippen LogP contribution in [0.5, 0.6) is 5.75 Å². The molecule has 0 aliphatic heterocycles. The van der Waals surface area contributed by atoms with Gasteiger partial charge in [0.05, 0.1) is 5.69 Å². The van der Waals surface area contributed by atoms with Gasteiger partial charge in [0.15, 0.2) is 5.11 Å². The van der Waals surface area contributed by atoms with Crippen LogP contribution in [0.3, 0.4) is 0 Å². The normalized spacial score (nSPS) is 10.5. The zero-order valence-electron chi connectivity index (χ0n) is 14.3. The number of ether oxygens (including phenoxy) is 1. The zero-order valence-corrected chi connectivity index (χ0v) is 15.1. The van der Waals surface area contributed by atoms with Crippen LogP contribution in [0.15, 0.2) is 36.4 Å². The first kappa shape index (κ1) is 19.6. The molecule has 2 aromatic rings. The molecule has 2 aromatic carbocycles. The number of carbonyl (C=O) groups is 1. The van der Waals surface area contributed by atoms with Crippen molar-refractivity contribution < 1.29 is 18.3 Å². The van der Waals surface area contributed by atoms with Crippen molar-refractivity contribution in [1.29, 1.82) is 0 Å². The Morgan fingerprint density at radius 2 is 1.81 bits per heavy atom. The largest absolute Gasteiger partial charge is 0.485 e. The molecular formula is C18H19F2N3O2S. The molecule has 0 saturated heterocycles. The molecule has 8 heteroatoms. The van der Waals surface area contributed by atoms with Gasteiger partial charge in [-0.25, -0.2) is 8.78 Å². The molecule has 26 heavy (non-hydrogen) atoms. The molecule has 138 valence electrons. The van der Waals surface area contributed by atoms with Gasteiger partial charge in [0, 0.05) is 11.3 Å². The van der Waals surface area contributed by atoms with E-state index in [4.69, 9.17) is 22.7 Å². The van der Waals surface area contributed by atoms with Crippen LogP contribution < -0.4 is 21.1 Å². The van der Waals surface area contributed by atoms with Gasteiger partial charge in [-0.1, -0.05) is 17.7 Å². The van der Waals surface area contributed by atoms with Crippen LogP contribution in [0.1, 0.15) is 21.5 Å². The van der Waals surface area contributed by atoms with Crippen molar-refractivity contribution in [1.82, 2.24) is 0 Å². The molecule has 0 spiro atoms. The number of carbonyl (C=O) groups excluding carboxylic acids is 1. The van der Waals surface area contributed by atoms with Gasteiger partial charge >= 0.3 is 0 Å². The third-order valence-corrected chi connectivity index (χ3v) is 3.71. The van der Waals surface area contributed by atoms with Crippen molar-refractivity contribution in [2.45, 2.75) is 20.3 Å². The van der Waals surface area contributed by atoms with E-state index in [1.54, 1.807) is 0 Å². The van der Waals surface area contributed by atoms with E-state index in [1.807, 2.05) is 32.0 Å². The average molecular weight is 379 g/mol. The number of aryl methyl sites for hydroxylation is 2. The summed E-state index contributed by atoms with van der Waals surface area (Å²) in [5, 5.41) is 6.18. The van der Waals surface area contributed by atoms with E-state index in [0.29, 0.717) is 5.69 Å². The third-order valence-electron chi connectivity index (χ3n) is 3.51. The summed E-state index contributed by atoms with van der Waals surface area (Å²) >= 11 is 5.27. The summed E-state index contributed by atoms with van der Waals surface area (Å²) in [6.07, 6.45) is -2.65. The molecule has 0 heterocycles. The van der Waals surface area contributed by atoms with E-state index in [1.165, 1.54) is 18.2 Å². The molecule has 0 atom stereocenters. The Kier molecular flexibility index (Phi) is 6.46. The summed E-state index contributed by atoms with van der Waals surface area (Å²) in [6.45, 7) is 3.12. The third kappa shape index (κ3) is 5.38. The maximum Gasteiger partial charge on any atom is 0.272 e. The number of anilines is 2. The lowest BCUT2D eigenvalue weighted by Crippen LogP contribution is -2.21. The number of rotatable bonds is 6. The average Bonchev–Trinajstić information content (AvgIpc) is 2.56. The van der Waals surface area contributed by atoms with Crippen molar-refractivity contribution in [3.05, 3.63) is 53.1 Å². The maximum absolute atomic E-state index is 12.5. The maximum atomic E-state index is 12.5. The Hall–Kier alpha value is -2.74. The second-order valence-corrected chi connectivity index (χ2v) is 6.08. The highest BCUT2D eigenvalue weighted by molar-refractivity contribution is 7.80. The first-order valence-electron chi connectivity index (χ1n) is 7.76. The fourth-order valence-corrected chi connectivity index (χ4v) is 2.50. The first-order chi connectivity index (χ1) is 12.3. The number of thiocarbonyl (C=S) groups is 1. The van der Waals surface area contributed by atoms with Gasteiger partial charge in [0.25, 0.3) is 6.43 Å². The van der Waals surface area contributed by atoms with Gasteiger partial charge < -0.3 is 21.1 Å². The van der Waals surface area contributed by atoms with Gasteiger partial charge in [0.1, 0.15) is 12.4 Å². The molecule has 0 saturated carbocycles. The highest BCUT2D eigenvalue weighted by atomic mass is 32.1. The van der Waals surface area contributed by atoms with Crippen molar-refractivity contribution in [2.24, 2.45) is 5.73 Å². The Balaban J connectivity index is 2.18. The predicted molar refractivity (Wildman–Crippen MR) is 102 cm³/mol. The SMILES string of the molecule is Cc1ccc(NC(=S)Nc2ccc(C(N)=O)cc2OCC(F)F)c(C)c1. The molecule has 1 amide bonds. The Bertz CT molecular complexity index is 828. The Morgan fingerprint density at radius 3 is 2.42 bits per heavy atom. The highest BCUT2D eigenvalue weighted by Gasteiger charge is 2.13. The Morgan fingerprint density at radius 1 is 1.15 bits per heavy atom. The topological polar surface area (TPSA) is 76.4 Å². The van der Waals surface area contributed by atoms with Crippen LogP contribution in [0.4, 0.5) is 20.2 Å². The van der Waals surface area contributed by atoms with Gasteiger partial charge in [-0.2, -0.15) is 0 Å². The molecule has 0 aliphatic carbocycles. The first-order valence-corrected chi connectivity index (χ1v) is 8.17. The fourth-order valence-electron chi connectivity index (χ4n) is 2.28. The quantitative estimate of drug-likeness (QED) is 0.665. The molecule has 0 radical (unpaired) electrons. The second kappa shape index (κ2) is 8.57. The number of hydrogen-bond donors (Lipinski definition) is 3. The summed E-state index contributed by atoms with van der Waals surface area (Å²) in [4.78, 5) is 11.3. The number of halogens is 2. The number of nitrogens with two attached hydrogens (primary N) is 1. The lowest BCUT2D eigenvalue weighted by Gasteiger charge is -2.16. The van der Waals surface area contributed by atoms with Gasteiger partial charge in [-0.15, -0.1) is 0 Å². The van der Waals surface area contributed by atoms with E-state index >= 15 is 0 Å². The molecule has 0 fully saturated rings. The van der Waals surface area contributed by atoms with Crippen molar-refractivity contribution in [3.8, 4) is 5.75 Å². The van der Waals surface area contributed by atoms with E-state index in [0.717, 1.165) is 16.8 Å². The highest BCUT2D eigenvalue weighted by Crippen LogP contribution is 2.27. The standard InChI is InChI=1S/C18H19F2N3O2S/c1-10-3-5-13(11(2)7-10)22-18(26)23-14-6-4-12(17(21)24)8-15(14)25-9-16(19)20/h3-8,16H,9H2,1-2H3,(H2,21,24)(H2,22,23,26).